The molecule has 0 aliphatic carbocycles. The van der Waals surface area contributed by atoms with Crippen molar-refractivity contribution in [3.63, 3.8) is 0 Å². The number of hydrogen-bond donors (Lipinski definition) is 0. The molecule has 0 unspecified atom stereocenters. The summed E-state index contributed by atoms with van der Waals surface area (Å²) in [6.45, 7) is 8.31. The minimum absolute atomic E-state index is 0.0314. The molecule has 0 spiro atoms. The Morgan fingerprint density at radius 2 is 1.76 bits per heavy atom. The fourth-order valence-electron chi connectivity index (χ4n) is 3.32. The molecule has 1 fully saturated rings. The van der Waals surface area contributed by atoms with Gasteiger partial charge in [-0.1, -0.05) is 18.2 Å². The van der Waals surface area contributed by atoms with Crippen molar-refractivity contribution in [2.75, 3.05) is 11.4 Å². The zero-order chi connectivity index (χ0) is 18.1. The molecule has 2 aromatic carbocycles. The largest absolute Gasteiger partial charge is 0.426 e. The molecule has 4 heteroatoms. The quantitative estimate of drug-likeness (QED) is 0.631. The number of hydrogen-bond acceptors (Lipinski definition) is 3. The number of esters is 1. The van der Waals surface area contributed by atoms with Crippen LogP contribution in [0.25, 0.3) is 0 Å². The first-order valence-corrected chi connectivity index (χ1v) is 8.51. The first-order chi connectivity index (χ1) is 11.8. The van der Waals surface area contributed by atoms with Crippen molar-refractivity contribution < 1.29 is 14.3 Å². The predicted octanol–water partition coefficient (Wildman–Crippen LogP) is 3.88. The lowest BCUT2D eigenvalue weighted by Crippen LogP contribution is -2.28. The lowest BCUT2D eigenvalue weighted by atomic mass is 10.1. The second-order valence-corrected chi connectivity index (χ2v) is 6.87. The van der Waals surface area contributed by atoms with Crippen LogP contribution in [0, 0.1) is 33.6 Å². The van der Waals surface area contributed by atoms with Crippen molar-refractivity contribution in [3.8, 4) is 5.75 Å². The highest BCUT2D eigenvalue weighted by atomic mass is 16.5. The molecule has 1 aliphatic heterocycles. The van der Waals surface area contributed by atoms with Crippen LogP contribution in [0.15, 0.2) is 36.4 Å². The highest BCUT2D eigenvalue weighted by Crippen LogP contribution is 2.30. The molecule has 2 aromatic rings. The fourth-order valence-corrected chi connectivity index (χ4v) is 3.32. The normalized spacial score (nSPS) is 17.0. The number of nitrogens with zero attached hydrogens (tertiary/aromatic N) is 1. The Kier molecular flexibility index (Phi) is 4.62. The topological polar surface area (TPSA) is 46.6 Å². The molecule has 3 rings (SSSR count). The molecule has 1 atom stereocenters. The Morgan fingerprint density at radius 1 is 1.08 bits per heavy atom. The Morgan fingerprint density at radius 3 is 2.44 bits per heavy atom. The molecule has 0 saturated carbocycles. The van der Waals surface area contributed by atoms with Crippen molar-refractivity contribution >= 4 is 17.6 Å². The van der Waals surface area contributed by atoms with Crippen LogP contribution >= 0.6 is 0 Å². The van der Waals surface area contributed by atoms with Gasteiger partial charge in [-0.15, -0.1) is 0 Å². The van der Waals surface area contributed by atoms with E-state index in [1.54, 1.807) is 4.90 Å². The van der Waals surface area contributed by atoms with Crippen LogP contribution in [0.1, 0.15) is 28.7 Å². The average Bonchev–Trinajstić information content (AvgIpc) is 2.91. The van der Waals surface area contributed by atoms with E-state index in [9.17, 15) is 9.59 Å². The van der Waals surface area contributed by atoms with Gasteiger partial charge in [0.1, 0.15) is 5.75 Å². The number of ether oxygens (including phenoxy) is 1. The van der Waals surface area contributed by atoms with Gasteiger partial charge in [0.2, 0.25) is 5.91 Å². The van der Waals surface area contributed by atoms with Crippen LogP contribution in [-0.4, -0.2) is 18.4 Å². The first kappa shape index (κ1) is 17.2. The van der Waals surface area contributed by atoms with Gasteiger partial charge in [0.05, 0.1) is 5.92 Å². The number of carbonyl (C=O) groups excluding carboxylic acids is 2. The van der Waals surface area contributed by atoms with Gasteiger partial charge in [0.15, 0.2) is 0 Å². The summed E-state index contributed by atoms with van der Waals surface area (Å²) in [7, 11) is 0. The molecule has 1 amide bonds. The molecule has 0 N–H and O–H groups in total. The van der Waals surface area contributed by atoms with E-state index in [4.69, 9.17) is 4.74 Å². The zero-order valence-electron chi connectivity index (χ0n) is 15.1. The Hall–Kier alpha value is -2.62. The second kappa shape index (κ2) is 6.71. The van der Waals surface area contributed by atoms with Gasteiger partial charge in [-0.2, -0.15) is 0 Å². The van der Waals surface area contributed by atoms with Gasteiger partial charge >= 0.3 is 5.97 Å². The highest BCUT2D eigenvalue weighted by molar-refractivity contribution is 6.00. The summed E-state index contributed by atoms with van der Waals surface area (Å²) in [4.78, 5) is 26.6. The minimum atomic E-state index is -0.437. The van der Waals surface area contributed by atoms with E-state index in [1.807, 2.05) is 64.1 Å². The van der Waals surface area contributed by atoms with E-state index < -0.39 is 5.92 Å². The summed E-state index contributed by atoms with van der Waals surface area (Å²) in [5.41, 5.74) is 5.17. The van der Waals surface area contributed by atoms with E-state index in [1.165, 1.54) is 0 Å². The standard InChI is InChI=1S/C21H23NO3/c1-13-8-14(2)10-18(9-13)25-21(24)17-11-20(23)22(12-17)19-7-5-6-15(3)16(19)4/h5-10,17H,11-12H2,1-4H3/t17-/m0/s1. The molecule has 4 nitrogen and oxygen atoms in total. The van der Waals surface area contributed by atoms with Crippen LogP contribution in [0.5, 0.6) is 5.75 Å². The summed E-state index contributed by atoms with van der Waals surface area (Å²) in [5.74, 6) is -0.268. The Bertz CT molecular complexity index is 821. The number of rotatable bonds is 3. The van der Waals surface area contributed by atoms with Crippen molar-refractivity contribution in [2.24, 2.45) is 5.92 Å². The average molecular weight is 337 g/mol. The lowest BCUT2D eigenvalue weighted by molar-refractivity contribution is -0.139. The molecule has 25 heavy (non-hydrogen) atoms. The monoisotopic (exact) mass is 337 g/mol. The van der Waals surface area contributed by atoms with E-state index in [0.29, 0.717) is 12.3 Å². The summed E-state index contributed by atoms with van der Waals surface area (Å²) in [6.07, 6.45) is 0.191. The van der Waals surface area contributed by atoms with Gasteiger partial charge in [0, 0.05) is 18.7 Å². The highest BCUT2D eigenvalue weighted by Gasteiger charge is 2.37. The first-order valence-electron chi connectivity index (χ1n) is 8.51. The maximum absolute atomic E-state index is 12.5. The molecule has 1 heterocycles. The van der Waals surface area contributed by atoms with Gasteiger partial charge in [-0.25, -0.2) is 0 Å². The number of amides is 1. The summed E-state index contributed by atoms with van der Waals surface area (Å²) in [5, 5.41) is 0. The Balaban J connectivity index is 1.75. The molecule has 0 aromatic heterocycles. The van der Waals surface area contributed by atoms with Crippen molar-refractivity contribution in [2.45, 2.75) is 34.1 Å². The van der Waals surface area contributed by atoms with Gasteiger partial charge in [-0.3, -0.25) is 9.59 Å². The van der Waals surface area contributed by atoms with Crippen molar-refractivity contribution in [1.82, 2.24) is 0 Å². The van der Waals surface area contributed by atoms with Crippen LogP contribution in [0.3, 0.4) is 0 Å². The molecular formula is C21H23NO3. The molecule has 0 radical (unpaired) electrons. The maximum atomic E-state index is 12.5. The minimum Gasteiger partial charge on any atom is -0.426 e. The summed E-state index contributed by atoms with van der Waals surface area (Å²) in [6, 6.07) is 11.6. The summed E-state index contributed by atoms with van der Waals surface area (Å²) >= 11 is 0. The molecular weight excluding hydrogens is 314 g/mol. The number of benzene rings is 2. The zero-order valence-corrected chi connectivity index (χ0v) is 15.1. The van der Waals surface area contributed by atoms with Crippen LogP contribution in [0.4, 0.5) is 5.69 Å². The third-order valence-corrected chi connectivity index (χ3v) is 4.74. The van der Waals surface area contributed by atoms with Crippen LogP contribution < -0.4 is 9.64 Å². The molecule has 0 bridgehead atoms. The van der Waals surface area contributed by atoms with E-state index in [2.05, 4.69) is 0 Å². The van der Waals surface area contributed by atoms with Crippen molar-refractivity contribution in [3.05, 3.63) is 58.7 Å². The Labute approximate surface area is 148 Å². The van der Waals surface area contributed by atoms with E-state index in [-0.39, 0.29) is 18.3 Å². The van der Waals surface area contributed by atoms with E-state index in [0.717, 1.165) is 27.9 Å². The fraction of sp³-hybridized carbons (Fsp3) is 0.333. The van der Waals surface area contributed by atoms with Gasteiger partial charge in [0.25, 0.3) is 0 Å². The third kappa shape index (κ3) is 3.58. The van der Waals surface area contributed by atoms with Crippen LogP contribution in [-0.2, 0) is 9.59 Å². The van der Waals surface area contributed by atoms with Crippen LogP contribution in [0.2, 0.25) is 0 Å². The number of aryl methyl sites for hydroxylation is 3. The predicted molar refractivity (Wildman–Crippen MR) is 97.9 cm³/mol. The SMILES string of the molecule is Cc1cc(C)cc(OC(=O)[C@H]2CC(=O)N(c3cccc(C)c3C)C2)c1. The number of carbonyl (C=O) groups is 2. The molecule has 1 saturated heterocycles. The van der Waals surface area contributed by atoms with Gasteiger partial charge in [-0.05, 0) is 68.1 Å². The molecule has 130 valence electrons. The maximum Gasteiger partial charge on any atom is 0.316 e. The van der Waals surface area contributed by atoms with Gasteiger partial charge < -0.3 is 9.64 Å². The smallest absolute Gasteiger partial charge is 0.316 e. The summed E-state index contributed by atoms with van der Waals surface area (Å²) < 4.78 is 5.53. The third-order valence-electron chi connectivity index (χ3n) is 4.74. The lowest BCUT2D eigenvalue weighted by Gasteiger charge is -2.20. The van der Waals surface area contributed by atoms with E-state index >= 15 is 0 Å². The second-order valence-electron chi connectivity index (χ2n) is 6.87. The molecule has 1 aliphatic rings. The van der Waals surface area contributed by atoms with Crippen molar-refractivity contribution in [1.29, 1.82) is 0 Å². The number of anilines is 1.